The Balaban J connectivity index is 3.23. The third kappa shape index (κ3) is 4.73. The van der Waals surface area contributed by atoms with Gasteiger partial charge in [-0.25, -0.2) is 9.59 Å². The number of carbonyl (C=O) groups is 2. The molecule has 1 aliphatic heterocycles. The summed E-state index contributed by atoms with van der Waals surface area (Å²) < 4.78 is 170. The highest BCUT2D eigenvalue weighted by molar-refractivity contribution is 6.31. The van der Waals surface area contributed by atoms with E-state index in [1.807, 2.05) is 0 Å². The molecule has 152 valence electrons. The molecule has 0 radical (unpaired) electrons. The number of carbonyl (C=O) groups excluding carboxylic acids is 2. The molecule has 28 heavy (non-hydrogen) atoms. The first-order valence-corrected chi connectivity index (χ1v) is 7.56. The number of nitrogens with two attached hydrogens (primary N) is 1. The standard InChI is InChI=1S/C20H25ClN2O5/c1-4-28-20(25)18-15(11-27-10-9-22)23-12(2)16(19(24)26-3)17(18)13-7-5-6-8-14(13)21/h5-8,17,23H,4,9-11,22H2,1-3H3/i1D3,3D3,4D2,5D,6D,7D,8D,9D2,10D2,17D/hD3. The van der Waals surface area contributed by atoms with Gasteiger partial charge in [-0.05, 0) is 25.4 Å². The molecule has 1 aromatic rings. The Morgan fingerprint density at radius 1 is 1.46 bits per heavy atom. The summed E-state index contributed by atoms with van der Waals surface area (Å²) in [6, 6.07) is -4.52. The summed E-state index contributed by atoms with van der Waals surface area (Å²) in [5.74, 6) is -7.93. The first kappa shape index (κ1) is 7.16. The summed E-state index contributed by atoms with van der Waals surface area (Å²) in [6.07, 6.45) is 0. The van der Waals surface area contributed by atoms with Gasteiger partial charge in [0.05, 0.1) is 64.6 Å². The Morgan fingerprint density at radius 2 is 2.29 bits per heavy atom. The molecule has 0 spiro atoms. The van der Waals surface area contributed by atoms with E-state index in [1.165, 1.54) is 0 Å². The zero-order valence-corrected chi connectivity index (χ0v) is 14.8. The predicted octanol–water partition coefficient (Wildman–Crippen LogP) is 2.27. The second-order valence-corrected chi connectivity index (χ2v) is 5.22. The largest absolute Gasteiger partial charge is 0.466 e. The molecular formula is C20H25ClN2O5. The highest BCUT2D eigenvalue weighted by Crippen LogP contribution is 2.41. The lowest BCUT2D eigenvalue weighted by molar-refractivity contribution is -0.139. The van der Waals surface area contributed by atoms with E-state index in [0.29, 0.717) is 0 Å². The van der Waals surface area contributed by atoms with E-state index >= 15 is 0 Å². The number of nitrogens with one attached hydrogen (secondary N) is 1. The molecule has 0 aromatic heterocycles. The van der Waals surface area contributed by atoms with Crippen LogP contribution in [0.4, 0.5) is 0 Å². The second-order valence-electron chi connectivity index (χ2n) is 4.84. The SMILES string of the molecule is [2H]c1c([2H])c([2H])c(C2([2H])C(C(=O)OC([2H])([2H])[2H])=C(C)N([2H])C(COC([2H])([2H])C([2H])([2H])N([2H])[2H])=C2C(=O)OC([2H])([2H])C([2H])([2H])[2H])c(Cl)c1[2H]. The number of hydrogen-bond acceptors (Lipinski definition) is 7. The average molecular weight is 429 g/mol. The van der Waals surface area contributed by atoms with E-state index < -0.39 is 121 Å². The van der Waals surface area contributed by atoms with Gasteiger partial charge in [-0.1, -0.05) is 29.7 Å². The molecule has 0 saturated heterocycles. The predicted molar refractivity (Wildman–Crippen MR) is 106 cm³/mol. The molecule has 2 rings (SSSR count). The first-order valence-electron chi connectivity index (χ1n) is 17.0. The molecule has 7 nitrogen and oxygen atoms in total. The van der Waals surface area contributed by atoms with E-state index in [-0.39, 0.29) is 5.31 Å². The summed E-state index contributed by atoms with van der Waals surface area (Å²) in [7, 11) is -3.59. The van der Waals surface area contributed by atoms with Gasteiger partial charge in [-0.3, -0.25) is 0 Å². The van der Waals surface area contributed by atoms with E-state index in [9.17, 15) is 11.0 Å². The number of ether oxygens (including phenoxy) is 3. The van der Waals surface area contributed by atoms with Crippen LogP contribution in [0.2, 0.25) is 9.26 Å². The zero-order chi connectivity index (χ0) is 37.9. The number of hydrogen-bond donors (Lipinski definition) is 2. The third-order valence-electron chi connectivity index (χ3n) is 3.32. The summed E-state index contributed by atoms with van der Waals surface area (Å²) in [5, 5.41) is -1.11. The van der Waals surface area contributed by atoms with Crippen molar-refractivity contribution < 1.29 is 51.3 Å². The van der Waals surface area contributed by atoms with E-state index in [2.05, 4.69) is 9.47 Å². The fourth-order valence-corrected chi connectivity index (χ4v) is 2.53. The van der Waals surface area contributed by atoms with Gasteiger partial charge in [0.15, 0.2) is 1.41 Å². The van der Waals surface area contributed by atoms with Crippen LogP contribution in [0.1, 0.15) is 48.5 Å². The van der Waals surface area contributed by atoms with Crippen molar-refractivity contribution in [2.45, 2.75) is 19.7 Å². The van der Waals surface area contributed by atoms with Gasteiger partial charge in [-0.2, -0.15) is 0 Å². The summed E-state index contributed by atoms with van der Waals surface area (Å²) in [6.45, 7) is -15.7. The first-order chi connectivity index (χ1) is 21.3. The highest BCUT2D eigenvalue weighted by Gasteiger charge is 2.39. The molecule has 8 heteroatoms. The van der Waals surface area contributed by atoms with E-state index in [1.54, 1.807) is 0 Å². The van der Waals surface area contributed by atoms with Gasteiger partial charge in [0, 0.05) is 25.4 Å². The Morgan fingerprint density at radius 3 is 3.04 bits per heavy atom. The fraction of sp³-hybridized carbons (Fsp3) is 0.400. The molecule has 1 unspecified atom stereocenters. The molecule has 1 aromatic carbocycles. The minimum Gasteiger partial charge on any atom is -0.466 e. The van der Waals surface area contributed by atoms with Crippen LogP contribution in [0, 0.1) is 0 Å². The van der Waals surface area contributed by atoms with Crippen LogP contribution in [0.25, 0.3) is 0 Å². The Labute approximate surface area is 197 Å². The highest BCUT2D eigenvalue weighted by atomic mass is 35.5. The molecule has 1 atom stereocenters. The minimum atomic E-state index is -3.94. The molecular weight excluding hydrogens is 384 g/mol. The number of esters is 2. The van der Waals surface area contributed by atoms with E-state index in [4.69, 9.17) is 42.5 Å². The second kappa shape index (κ2) is 10.3. The normalized spacial score (nSPS) is 32.6. The lowest BCUT2D eigenvalue weighted by atomic mass is 9.80. The maximum Gasteiger partial charge on any atom is 0.336 e. The van der Waals surface area contributed by atoms with Crippen LogP contribution in [-0.2, 0) is 23.8 Å². The number of rotatable bonds is 9. The molecule has 3 N–H and O–H groups in total. The maximum atomic E-state index is 13.8. The molecule has 1 aliphatic rings. The van der Waals surface area contributed by atoms with Crippen LogP contribution >= 0.6 is 11.6 Å². The zero-order valence-electron chi connectivity index (χ0n) is 34.0. The van der Waals surface area contributed by atoms with Crippen LogP contribution < -0.4 is 11.0 Å². The number of halogens is 1. The summed E-state index contributed by atoms with van der Waals surface area (Å²) in [5.41, 5.74) is -7.05. The lowest BCUT2D eigenvalue weighted by Gasteiger charge is -2.31. The summed E-state index contributed by atoms with van der Waals surface area (Å²) >= 11 is 6.25. The number of methoxy groups -OCH3 is 1. The van der Waals surface area contributed by atoms with Gasteiger partial charge in [0.2, 0.25) is 0 Å². The van der Waals surface area contributed by atoms with Crippen LogP contribution in [-0.4, -0.2) is 45.2 Å². The quantitative estimate of drug-likeness (QED) is 0.582. The van der Waals surface area contributed by atoms with Crippen molar-refractivity contribution in [2.75, 3.05) is 33.3 Å². The lowest BCUT2D eigenvalue weighted by Crippen LogP contribution is -2.35. The minimum absolute atomic E-state index is 0.00515. The summed E-state index contributed by atoms with van der Waals surface area (Å²) in [4.78, 5) is 27.3. The van der Waals surface area contributed by atoms with Crippen molar-refractivity contribution >= 4 is 23.5 Å². The van der Waals surface area contributed by atoms with Crippen LogP contribution in [0.5, 0.6) is 0 Å². The van der Waals surface area contributed by atoms with Gasteiger partial charge in [-0.15, -0.1) is 0 Å². The third-order valence-corrected chi connectivity index (χ3v) is 3.60. The maximum absolute atomic E-state index is 13.8. The average Bonchev–Trinajstić information content (AvgIpc) is 2.89. The molecule has 0 fully saturated rings. The van der Waals surface area contributed by atoms with Gasteiger partial charge < -0.3 is 25.2 Å². The molecule has 0 aliphatic carbocycles. The molecule has 1 heterocycles. The van der Waals surface area contributed by atoms with Crippen molar-refractivity contribution in [2.24, 2.45) is 5.72 Å². The molecule has 0 amide bonds. The monoisotopic (exact) mass is 428 g/mol. The molecule has 0 saturated carbocycles. The van der Waals surface area contributed by atoms with Gasteiger partial charge >= 0.3 is 11.9 Å². The Bertz CT molecular complexity index is 1530. The Hall–Kier alpha value is -2.35. The smallest absolute Gasteiger partial charge is 0.336 e. The Kier molecular flexibility index (Phi) is 2.63. The fourth-order valence-electron chi connectivity index (χ4n) is 2.34. The van der Waals surface area contributed by atoms with E-state index in [0.717, 1.165) is 6.92 Å². The van der Waals surface area contributed by atoms with Crippen molar-refractivity contribution in [1.82, 2.24) is 5.31 Å². The van der Waals surface area contributed by atoms with Crippen LogP contribution in [0.15, 0.2) is 46.7 Å². The van der Waals surface area contributed by atoms with Crippen molar-refractivity contribution in [3.63, 3.8) is 0 Å². The topological polar surface area (TPSA) is 99.9 Å². The van der Waals surface area contributed by atoms with Crippen molar-refractivity contribution in [1.29, 1.82) is 0 Å². The molecule has 0 bridgehead atoms. The van der Waals surface area contributed by atoms with Gasteiger partial charge in [0.25, 0.3) is 0 Å². The number of dihydropyridines is 1. The van der Waals surface area contributed by atoms with Gasteiger partial charge in [0.1, 0.15) is 2.82 Å². The van der Waals surface area contributed by atoms with Crippen LogP contribution in [0.3, 0.4) is 0 Å². The number of benzene rings is 1. The van der Waals surface area contributed by atoms with Crippen molar-refractivity contribution in [3.05, 3.63) is 57.3 Å². The number of allylic oxidation sites excluding steroid dienone is 1. The van der Waals surface area contributed by atoms with Crippen molar-refractivity contribution in [3.8, 4) is 0 Å².